The topological polar surface area (TPSA) is 82.2 Å². The number of carboxylic acids is 1. The molecule has 110 valence electrons. The van der Waals surface area contributed by atoms with Gasteiger partial charge in [-0.2, -0.15) is 5.26 Å². The van der Waals surface area contributed by atoms with Gasteiger partial charge in [0.2, 0.25) is 0 Å². The lowest BCUT2D eigenvalue weighted by atomic mass is 10.2. The molecule has 0 aliphatic carbocycles. The Morgan fingerprint density at radius 3 is 2.90 bits per heavy atom. The Balaban J connectivity index is 2.41. The molecular formula is C15H18N4O2. The Bertz CT molecular complexity index is 687. The van der Waals surface area contributed by atoms with Crippen LogP contribution in [0.5, 0.6) is 0 Å². The average molecular weight is 286 g/mol. The van der Waals surface area contributed by atoms with Crippen molar-refractivity contribution in [2.75, 3.05) is 13.6 Å². The number of aromatic nitrogens is 2. The van der Waals surface area contributed by atoms with E-state index in [4.69, 9.17) is 10.4 Å². The zero-order chi connectivity index (χ0) is 15.4. The van der Waals surface area contributed by atoms with E-state index in [9.17, 15) is 4.79 Å². The number of para-hydroxylation sites is 2. The lowest BCUT2D eigenvalue weighted by Crippen LogP contribution is -2.30. The van der Waals surface area contributed by atoms with Gasteiger partial charge in [-0.1, -0.05) is 12.1 Å². The lowest BCUT2D eigenvalue weighted by molar-refractivity contribution is -0.138. The Morgan fingerprint density at radius 2 is 2.24 bits per heavy atom. The zero-order valence-corrected chi connectivity index (χ0v) is 12.2. The summed E-state index contributed by atoms with van der Waals surface area (Å²) in [7, 11) is 1.76. The summed E-state index contributed by atoms with van der Waals surface area (Å²) >= 11 is 0. The molecule has 1 unspecified atom stereocenters. The van der Waals surface area contributed by atoms with Gasteiger partial charge in [-0.25, -0.2) is 4.98 Å². The summed E-state index contributed by atoms with van der Waals surface area (Å²) in [4.78, 5) is 17.2. The number of aryl methyl sites for hydroxylation is 1. The number of imidazole rings is 1. The van der Waals surface area contributed by atoms with Gasteiger partial charge in [0, 0.05) is 6.54 Å². The summed E-state index contributed by atoms with van der Waals surface area (Å²) in [6.07, 6.45) is 0.392. The smallest absolute Gasteiger partial charge is 0.317 e. The van der Waals surface area contributed by atoms with E-state index in [0.29, 0.717) is 13.0 Å². The number of fused-ring (bicyclic) bond motifs is 1. The SMILES string of the molecule is CC(c1nc2ccccc2n1CCC#N)N(C)CC(=O)O. The highest BCUT2D eigenvalue weighted by atomic mass is 16.4. The standard InChI is InChI=1S/C15H18N4O2/c1-11(18(2)10-14(20)21)15-17-12-6-3-4-7-13(12)19(15)9-5-8-16/h3-4,6-7,11H,5,9-10H2,1-2H3,(H,20,21). The Kier molecular flexibility index (Phi) is 4.55. The van der Waals surface area contributed by atoms with Crippen LogP contribution >= 0.6 is 0 Å². The van der Waals surface area contributed by atoms with Gasteiger partial charge < -0.3 is 9.67 Å². The molecule has 1 heterocycles. The second kappa shape index (κ2) is 6.37. The van der Waals surface area contributed by atoms with Crippen LogP contribution in [0.3, 0.4) is 0 Å². The normalized spacial score (nSPS) is 12.5. The zero-order valence-electron chi connectivity index (χ0n) is 12.2. The van der Waals surface area contributed by atoms with Crippen LogP contribution in [-0.4, -0.2) is 39.1 Å². The van der Waals surface area contributed by atoms with E-state index in [1.54, 1.807) is 11.9 Å². The number of carboxylic acid groups (broad SMARTS) is 1. The van der Waals surface area contributed by atoms with Gasteiger partial charge in [-0.3, -0.25) is 9.69 Å². The van der Waals surface area contributed by atoms with Crippen molar-refractivity contribution in [3.8, 4) is 6.07 Å². The predicted molar refractivity (Wildman–Crippen MR) is 78.6 cm³/mol. The van der Waals surface area contributed by atoms with Gasteiger partial charge in [-0.05, 0) is 26.1 Å². The van der Waals surface area contributed by atoms with Crippen LogP contribution in [0.1, 0.15) is 25.2 Å². The molecule has 2 aromatic rings. The number of nitriles is 1. The van der Waals surface area contributed by atoms with Gasteiger partial charge >= 0.3 is 5.97 Å². The molecule has 1 N–H and O–H groups in total. The first kappa shape index (κ1) is 15.0. The fourth-order valence-electron chi connectivity index (χ4n) is 2.36. The van der Waals surface area contributed by atoms with E-state index in [1.165, 1.54) is 0 Å². The number of likely N-dealkylation sites (N-methyl/N-ethyl adjacent to an activating group) is 1. The number of nitrogens with zero attached hydrogens (tertiary/aromatic N) is 4. The molecule has 1 aromatic heterocycles. The minimum Gasteiger partial charge on any atom is -0.480 e. The quantitative estimate of drug-likeness (QED) is 0.878. The van der Waals surface area contributed by atoms with E-state index >= 15 is 0 Å². The van der Waals surface area contributed by atoms with Crippen molar-refractivity contribution in [3.05, 3.63) is 30.1 Å². The van der Waals surface area contributed by atoms with Crippen LogP contribution in [0.2, 0.25) is 0 Å². The molecule has 2 rings (SSSR count). The first-order chi connectivity index (χ1) is 10.0. The van der Waals surface area contributed by atoms with Gasteiger partial charge in [0.25, 0.3) is 0 Å². The lowest BCUT2D eigenvalue weighted by Gasteiger charge is -2.23. The molecule has 6 heteroatoms. The summed E-state index contributed by atoms with van der Waals surface area (Å²) in [5.41, 5.74) is 1.83. The highest BCUT2D eigenvalue weighted by molar-refractivity contribution is 5.76. The largest absolute Gasteiger partial charge is 0.480 e. The maximum absolute atomic E-state index is 10.9. The van der Waals surface area contributed by atoms with Gasteiger partial charge in [0.1, 0.15) is 5.82 Å². The summed E-state index contributed by atoms with van der Waals surface area (Å²) < 4.78 is 2.00. The maximum atomic E-state index is 10.9. The highest BCUT2D eigenvalue weighted by Gasteiger charge is 2.21. The summed E-state index contributed by atoms with van der Waals surface area (Å²) in [6.45, 7) is 2.42. The third-order valence-electron chi connectivity index (χ3n) is 3.55. The number of aliphatic carboxylic acids is 1. The summed E-state index contributed by atoms with van der Waals surface area (Å²) in [5, 5.41) is 17.7. The Morgan fingerprint density at radius 1 is 1.52 bits per heavy atom. The molecule has 1 aromatic carbocycles. The van der Waals surface area contributed by atoms with Crippen LogP contribution in [0, 0.1) is 11.3 Å². The molecule has 0 saturated carbocycles. The highest BCUT2D eigenvalue weighted by Crippen LogP contribution is 2.24. The number of carbonyl (C=O) groups is 1. The Hall–Kier alpha value is -2.39. The minimum atomic E-state index is -0.871. The average Bonchev–Trinajstić information content (AvgIpc) is 2.82. The van der Waals surface area contributed by atoms with Crippen LogP contribution < -0.4 is 0 Å². The molecule has 0 aliphatic heterocycles. The first-order valence-corrected chi connectivity index (χ1v) is 6.78. The van der Waals surface area contributed by atoms with Gasteiger partial charge in [0.05, 0.1) is 36.1 Å². The molecule has 0 bridgehead atoms. The van der Waals surface area contributed by atoms with Crippen LogP contribution in [0.4, 0.5) is 0 Å². The molecule has 0 aliphatic rings. The van der Waals surface area contributed by atoms with Crippen molar-refractivity contribution >= 4 is 17.0 Å². The molecule has 0 saturated heterocycles. The number of hydrogen-bond donors (Lipinski definition) is 1. The van der Waals surface area contributed by atoms with Crippen molar-refractivity contribution in [2.45, 2.75) is 25.9 Å². The molecule has 21 heavy (non-hydrogen) atoms. The fraction of sp³-hybridized carbons (Fsp3) is 0.400. The van der Waals surface area contributed by atoms with Crippen molar-refractivity contribution in [2.24, 2.45) is 0 Å². The molecule has 0 fully saturated rings. The first-order valence-electron chi connectivity index (χ1n) is 6.78. The molecule has 0 amide bonds. The minimum absolute atomic E-state index is 0.0530. The van der Waals surface area contributed by atoms with Gasteiger partial charge in [-0.15, -0.1) is 0 Å². The van der Waals surface area contributed by atoms with Crippen molar-refractivity contribution < 1.29 is 9.90 Å². The van der Waals surface area contributed by atoms with E-state index in [0.717, 1.165) is 16.9 Å². The third kappa shape index (κ3) is 3.20. The van der Waals surface area contributed by atoms with E-state index < -0.39 is 5.97 Å². The van der Waals surface area contributed by atoms with E-state index in [1.807, 2.05) is 35.8 Å². The predicted octanol–water partition coefficient (Wildman–Crippen LogP) is 2.03. The summed E-state index contributed by atoms with van der Waals surface area (Å²) in [5.74, 6) is -0.0840. The van der Waals surface area contributed by atoms with E-state index in [2.05, 4.69) is 11.1 Å². The van der Waals surface area contributed by atoms with Crippen molar-refractivity contribution in [1.29, 1.82) is 5.26 Å². The fourth-order valence-corrected chi connectivity index (χ4v) is 2.36. The Labute approximate surface area is 123 Å². The molecule has 1 atom stereocenters. The monoisotopic (exact) mass is 286 g/mol. The maximum Gasteiger partial charge on any atom is 0.317 e. The van der Waals surface area contributed by atoms with E-state index in [-0.39, 0.29) is 12.6 Å². The molecule has 6 nitrogen and oxygen atoms in total. The molecular weight excluding hydrogens is 268 g/mol. The van der Waals surface area contributed by atoms with Gasteiger partial charge in [0.15, 0.2) is 0 Å². The summed E-state index contributed by atoms with van der Waals surface area (Å²) in [6, 6.07) is 9.73. The number of benzene rings is 1. The molecule has 0 spiro atoms. The van der Waals surface area contributed by atoms with Crippen LogP contribution in [0.15, 0.2) is 24.3 Å². The number of rotatable bonds is 6. The second-order valence-electron chi connectivity index (χ2n) is 5.00. The second-order valence-corrected chi connectivity index (χ2v) is 5.00. The van der Waals surface area contributed by atoms with Crippen LogP contribution in [0.25, 0.3) is 11.0 Å². The van der Waals surface area contributed by atoms with Crippen LogP contribution in [-0.2, 0) is 11.3 Å². The van der Waals surface area contributed by atoms with Crippen molar-refractivity contribution in [1.82, 2.24) is 14.5 Å². The number of hydrogen-bond acceptors (Lipinski definition) is 4. The van der Waals surface area contributed by atoms with Crippen molar-refractivity contribution in [3.63, 3.8) is 0 Å². The molecule has 0 radical (unpaired) electrons. The third-order valence-corrected chi connectivity index (χ3v) is 3.55.